The van der Waals surface area contributed by atoms with Gasteiger partial charge >= 0.3 is 5.97 Å². The maximum Gasteiger partial charge on any atom is 0.306 e. The smallest absolute Gasteiger partial charge is 0.306 e. The predicted molar refractivity (Wildman–Crippen MR) is 301 cm³/mol. The first-order valence-electron chi connectivity index (χ1n) is 31.1. The third-order valence-corrected chi connectivity index (χ3v) is 14.6. The Morgan fingerprint density at radius 3 is 1.07 bits per heavy atom. The molecule has 3 unspecified atom stereocenters. The van der Waals surface area contributed by atoms with Gasteiger partial charge in [0.2, 0.25) is 5.91 Å². The highest BCUT2D eigenvalue weighted by Gasteiger charge is 2.24. The zero-order valence-corrected chi connectivity index (χ0v) is 46.7. The molecule has 6 nitrogen and oxygen atoms in total. The number of allylic oxidation sites excluding steroid dienone is 4. The molecule has 0 aliphatic carbocycles. The van der Waals surface area contributed by atoms with Crippen LogP contribution in [0.5, 0.6) is 0 Å². The normalized spacial score (nSPS) is 13.2. The molecule has 0 bridgehead atoms. The van der Waals surface area contributed by atoms with Crippen molar-refractivity contribution in [2.75, 3.05) is 6.61 Å². The molecule has 0 aromatic heterocycles. The van der Waals surface area contributed by atoms with Gasteiger partial charge < -0.3 is 20.3 Å². The minimum atomic E-state index is -0.788. The molecule has 6 heteroatoms. The molecule has 0 aliphatic rings. The van der Waals surface area contributed by atoms with Gasteiger partial charge in [-0.15, -0.1) is 0 Å². The van der Waals surface area contributed by atoms with Crippen molar-refractivity contribution in [2.45, 2.75) is 360 Å². The molecular weight excluding hydrogens is 851 g/mol. The Morgan fingerprint density at radius 2 is 0.725 bits per heavy atom. The first-order chi connectivity index (χ1) is 34.0. The number of hydrogen-bond donors (Lipinski definition) is 3. The second-order valence-electron chi connectivity index (χ2n) is 21.5. The molecule has 0 fully saturated rings. The van der Waals surface area contributed by atoms with Crippen molar-refractivity contribution in [3.8, 4) is 0 Å². The highest BCUT2D eigenvalue weighted by atomic mass is 16.5. The molecule has 3 atom stereocenters. The van der Waals surface area contributed by atoms with Crippen LogP contribution in [0.1, 0.15) is 342 Å². The van der Waals surface area contributed by atoms with Crippen LogP contribution in [0.2, 0.25) is 0 Å². The molecule has 0 radical (unpaired) electrons. The highest BCUT2D eigenvalue weighted by Crippen LogP contribution is 2.19. The number of unbranched alkanes of at least 4 members (excludes halogenated alkanes) is 42. The zero-order chi connectivity index (χ0) is 50.2. The van der Waals surface area contributed by atoms with Crippen LogP contribution in [0.15, 0.2) is 24.3 Å². The van der Waals surface area contributed by atoms with E-state index in [1.807, 2.05) is 0 Å². The average molecular weight is 973 g/mol. The fourth-order valence-electron chi connectivity index (χ4n) is 9.84. The summed E-state index contributed by atoms with van der Waals surface area (Å²) in [6.45, 7) is 6.53. The molecule has 69 heavy (non-hydrogen) atoms. The van der Waals surface area contributed by atoms with Crippen molar-refractivity contribution >= 4 is 11.9 Å². The Balaban J connectivity index is 4.54. The largest absolute Gasteiger partial charge is 0.462 e. The fraction of sp³-hybridized carbons (Fsp3) is 0.905. The second kappa shape index (κ2) is 57.2. The molecule has 0 aromatic carbocycles. The fourth-order valence-corrected chi connectivity index (χ4v) is 9.84. The summed E-state index contributed by atoms with van der Waals surface area (Å²) < 4.78 is 5.98. The average Bonchev–Trinajstić information content (AvgIpc) is 3.34. The van der Waals surface area contributed by atoms with Gasteiger partial charge in [-0.05, 0) is 51.4 Å². The lowest BCUT2D eigenvalue weighted by molar-refractivity contribution is -0.151. The SMILES string of the molecule is CCCCCCCCC/C=C/C=C/CCCCCCCC(=O)OC(CCCCCCCCCCCCCCCCCCC)CC(=O)NC(CO)C(O)CCCCCCCCCCCCCCCCC. The predicted octanol–water partition coefficient (Wildman–Crippen LogP) is 19.4. The zero-order valence-electron chi connectivity index (χ0n) is 46.7. The molecular formula is C63H121NO5. The summed E-state index contributed by atoms with van der Waals surface area (Å²) in [5, 5.41) is 23.9. The van der Waals surface area contributed by atoms with Crippen LogP contribution in [0.25, 0.3) is 0 Å². The lowest BCUT2D eigenvalue weighted by Crippen LogP contribution is -2.46. The van der Waals surface area contributed by atoms with E-state index in [4.69, 9.17) is 4.74 Å². The molecule has 3 N–H and O–H groups in total. The topological polar surface area (TPSA) is 95.9 Å². The van der Waals surface area contributed by atoms with E-state index < -0.39 is 18.2 Å². The van der Waals surface area contributed by atoms with Crippen LogP contribution >= 0.6 is 0 Å². The molecule has 0 heterocycles. The van der Waals surface area contributed by atoms with E-state index in [1.165, 1.54) is 244 Å². The number of carbonyl (C=O) groups is 2. The summed E-state index contributed by atoms with van der Waals surface area (Å²) in [7, 11) is 0. The molecule has 0 spiro atoms. The summed E-state index contributed by atoms with van der Waals surface area (Å²) >= 11 is 0. The molecule has 408 valence electrons. The van der Waals surface area contributed by atoms with Gasteiger partial charge in [-0.3, -0.25) is 9.59 Å². The first-order valence-corrected chi connectivity index (χ1v) is 31.1. The standard InChI is InChI=1S/C63H121NO5/c1-4-7-10-13-16-19-22-25-28-30-32-35-38-41-44-47-50-53-56-63(68)69-59(54-51-48-45-42-39-36-34-31-29-26-23-20-17-14-11-8-5-2)57-62(67)64-60(58-65)61(66)55-52-49-46-43-40-37-33-27-24-21-18-15-12-9-6-3/h28,30,32,35,59-61,65-66H,4-27,29,31,33-34,36-58H2,1-3H3,(H,64,67)/b30-28+,35-32+. The van der Waals surface area contributed by atoms with E-state index in [-0.39, 0.29) is 24.9 Å². The number of nitrogens with one attached hydrogen (secondary N) is 1. The number of carbonyl (C=O) groups excluding carboxylic acids is 2. The Morgan fingerprint density at radius 1 is 0.420 bits per heavy atom. The van der Waals surface area contributed by atoms with Crippen molar-refractivity contribution in [1.29, 1.82) is 0 Å². The minimum Gasteiger partial charge on any atom is -0.462 e. The van der Waals surface area contributed by atoms with Gasteiger partial charge in [0.25, 0.3) is 0 Å². The molecule has 0 rings (SSSR count). The van der Waals surface area contributed by atoms with Crippen molar-refractivity contribution in [3.05, 3.63) is 24.3 Å². The minimum absolute atomic E-state index is 0.0780. The maximum absolute atomic E-state index is 13.3. The number of rotatable bonds is 57. The van der Waals surface area contributed by atoms with Crippen LogP contribution in [-0.4, -0.2) is 46.9 Å². The summed E-state index contributed by atoms with van der Waals surface area (Å²) in [6, 6.07) is -0.701. The molecule has 1 amide bonds. The number of aliphatic hydroxyl groups excluding tert-OH is 2. The Labute approximate surface area is 431 Å². The number of hydrogen-bond acceptors (Lipinski definition) is 5. The van der Waals surface area contributed by atoms with E-state index in [0.29, 0.717) is 19.3 Å². The van der Waals surface area contributed by atoms with Crippen molar-refractivity contribution in [2.24, 2.45) is 0 Å². The quantitative estimate of drug-likeness (QED) is 0.0321. The van der Waals surface area contributed by atoms with Crippen molar-refractivity contribution in [3.63, 3.8) is 0 Å². The van der Waals surface area contributed by atoms with Crippen LogP contribution in [0, 0.1) is 0 Å². The van der Waals surface area contributed by atoms with Gasteiger partial charge in [-0.25, -0.2) is 0 Å². The van der Waals surface area contributed by atoms with Crippen LogP contribution in [0.4, 0.5) is 0 Å². The lowest BCUT2D eigenvalue weighted by Gasteiger charge is -2.24. The van der Waals surface area contributed by atoms with Gasteiger partial charge in [0.1, 0.15) is 6.10 Å². The third kappa shape index (κ3) is 52.5. The molecule has 0 saturated carbocycles. The summed E-state index contributed by atoms with van der Waals surface area (Å²) in [6.07, 6.45) is 68.2. The first kappa shape index (κ1) is 67.3. The Hall–Kier alpha value is -1.66. The van der Waals surface area contributed by atoms with Crippen LogP contribution in [-0.2, 0) is 14.3 Å². The Bertz CT molecular complexity index is 1090. The Kier molecular flexibility index (Phi) is 55.9. The monoisotopic (exact) mass is 972 g/mol. The number of amides is 1. The van der Waals surface area contributed by atoms with E-state index in [1.54, 1.807) is 0 Å². The van der Waals surface area contributed by atoms with Crippen molar-refractivity contribution < 1.29 is 24.5 Å². The summed E-state index contributed by atoms with van der Waals surface area (Å²) in [5.41, 5.74) is 0. The number of ether oxygens (including phenoxy) is 1. The lowest BCUT2D eigenvalue weighted by atomic mass is 10.0. The molecule has 0 aromatic rings. The third-order valence-electron chi connectivity index (χ3n) is 14.6. The van der Waals surface area contributed by atoms with E-state index in [0.717, 1.165) is 51.4 Å². The number of aliphatic hydroxyl groups is 2. The second-order valence-corrected chi connectivity index (χ2v) is 21.5. The van der Waals surface area contributed by atoms with Gasteiger partial charge in [-0.1, -0.05) is 302 Å². The van der Waals surface area contributed by atoms with Gasteiger partial charge in [0.15, 0.2) is 0 Å². The maximum atomic E-state index is 13.3. The van der Waals surface area contributed by atoms with Gasteiger partial charge in [0.05, 0.1) is 25.2 Å². The van der Waals surface area contributed by atoms with Crippen LogP contribution < -0.4 is 5.32 Å². The highest BCUT2D eigenvalue weighted by molar-refractivity contribution is 5.77. The van der Waals surface area contributed by atoms with Gasteiger partial charge in [-0.2, -0.15) is 0 Å². The van der Waals surface area contributed by atoms with E-state index in [2.05, 4.69) is 50.4 Å². The van der Waals surface area contributed by atoms with Gasteiger partial charge in [0, 0.05) is 6.42 Å². The molecule has 0 aliphatic heterocycles. The number of esters is 1. The summed E-state index contributed by atoms with van der Waals surface area (Å²) in [4.78, 5) is 26.4. The van der Waals surface area contributed by atoms with E-state index >= 15 is 0 Å². The molecule has 0 saturated heterocycles. The van der Waals surface area contributed by atoms with Crippen LogP contribution in [0.3, 0.4) is 0 Å². The van der Waals surface area contributed by atoms with E-state index in [9.17, 15) is 19.8 Å². The summed E-state index contributed by atoms with van der Waals surface area (Å²) in [5.74, 6) is -0.468. The van der Waals surface area contributed by atoms with Crippen molar-refractivity contribution in [1.82, 2.24) is 5.32 Å².